The second-order valence-electron chi connectivity index (χ2n) is 7.57. The summed E-state index contributed by atoms with van der Waals surface area (Å²) >= 11 is 0. The van der Waals surface area contributed by atoms with Gasteiger partial charge in [0.1, 0.15) is 5.75 Å². The first kappa shape index (κ1) is 24.4. The van der Waals surface area contributed by atoms with Gasteiger partial charge < -0.3 is 14.8 Å². The molecule has 5 nitrogen and oxygen atoms in total. The lowest BCUT2D eigenvalue weighted by molar-refractivity contribution is -0.143. The van der Waals surface area contributed by atoms with Crippen LogP contribution in [0.25, 0.3) is 0 Å². The van der Waals surface area contributed by atoms with Gasteiger partial charge in [-0.15, -0.1) is 0 Å². The van der Waals surface area contributed by atoms with Crippen molar-refractivity contribution in [2.75, 3.05) is 18.5 Å². The van der Waals surface area contributed by atoms with Gasteiger partial charge in [-0.1, -0.05) is 56.9 Å². The molecule has 5 heteroatoms. The van der Waals surface area contributed by atoms with E-state index in [1.165, 1.54) is 37.7 Å². The fourth-order valence-corrected chi connectivity index (χ4v) is 3.30. The van der Waals surface area contributed by atoms with Gasteiger partial charge >= 0.3 is 5.97 Å². The Bertz CT molecular complexity index is 801. The molecule has 31 heavy (non-hydrogen) atoms. The minimum absolute atomic E-state index is 0.215. The van der Waals surface area contributed by atoms with Gasteiger partial charge in [0.25, 0.3) is 5.91 Å². The van der Waals surface area contributed by atoms with Crippen molar-refractivity contribution in [2.45, 2.75) is 65.2 Å². The molecule has 168 valence electrons. The van der Waals surface area contributed by atoms with E-state index in [2.05, 4.69) is 24.4 Å². The van der Waals surface area contributed by atoms with Gasteiger partial charge in [0, 0.05) is 12.1 Å². The number of unbranched alkanes of at least 4 members (excludes halogenated alkanes) is 4. The highest BCUT2D eigenvalue weighted by Crippen LogP contribution is 2.21. The quantitative estimate of drug-likeness (QED) is 0.290. The molecular weight excluding hydrogens is 390 g/mol. The molecule has 2 aromatic rings. The van der Waals surface area contributed by atoms with Crippen LogP contribution in [0.1, 0.15) is 74.7 Å². The molecule has 0 radical (unpaired) electrons. The number of rotatable bonds is 14. The van der Waals surface area contributed by atoms with Crippen molar-refractivity contribution in [3.8, 4) is 5.75 Å². The van der Waals surface area contributed by atoms with Gasteiger partial charge in [0.05, 0.1) is 18.8 Å². The summed E-state index contributed by atoms with van der Waals surface area (Å²) in [4.78, 5) is 24.2. The van der Waals surface area contributed by atoms with E-state index in [4.69, 9.17) is 9.47 Å². The summed E-state index contributed by atoms with van der Waals surface area (Å²) in [7, 11) is 0. The second-order valence-corrected chi connectivity index (χ2v) is 7.57. The van der Waals surface area contributed by atoms with Crippen LogP contribution in [0.3, 0.4) is 0 Å². The van der Waals surface area contributed by atoms with Gasteiger partial charge in [-0.2, -0.15) is 0 Å². The van der Waals surface area contributed by atoms with Crippen LogP contribution in [-0.2, 0) is 16.0 Å². The number of para-hydroxylation sites is 1. The van der Waals surface area contributed by atoms with Crippen LogP contribution in [0.4, 0.5) is 5.69 Å². The lowest BCUT2D eigenvalue weighted by Crippen LogP contribution is -2.14. The number of benzene rings is 2. The number of carbonyl (C=O) groups is 2. The molecular formula is C26H35NO4. The van der Waals surface area contributed by atoms with E-state index in [-0.39, 0.29) is 11.9 Å². The minimum Gasteiger partial charge on any atom is -0.493 e. The smallest absolute Gasteiger partial charge is 0.305 e. The third-order valence-electron chi connectivity index (χ3n) is 5.00. The van der Waals surface area contributed by atoms with Gasteiger partial charge in [-0.25, -0.2) is 0 Å². The molecule has 2 rings (SSSR count). The molecule has 2 aromatic carbocycles. The third kappa shape index (κ3) is 9.24. The first-order chi connectivity index (χ1) is 15.1. The molecule has 0 aliphatic rings. The fourth-order valence-electron chi connectivity index (χ4n) is 3.30. The van der Waals surface area contributed by atoms with Crippen LogP contribution in [-0.4, -0.2) is 25.1 Å². The number of anilines is 1. The Kier molecular flexibility index (Phi) is 11.2. The summed E-state index contributed by atoms with van der Waals surface area (Å²) in [5.41, 5.74) is 2.52. The number of nitrogens with one attached hydrogen (secondary N) is 1. The average molecular weight is 426 g/mol. The van der Waals surface area contributed by atoms with E-state index < -0.39 is 0 Å². The summed E-state index contributed by atoms with van der Waals surface area (Å²) < 4.78 is 10.7. The highest BCUT2D eigenvalue weighted by molar-refractivity contribution is 6.06. The fraction of sp³-hybridized carbons (Fsp3) is 0.462. The Labute approximate surface area is 186 Å². The maximum atomic E-state index is 12.8. The largest absolute Gasteiger partial charge is 0.493 e. The van der Waals surface area contributed by atoms with E-state index in [1.54, 1.807) is 19.1 Å². The predicted octanol–water partition coefficient (Wildman–Crippen LogP) is 6.17. The summed E-state index contributed by atoms with van der Waals surface area (Å²) in [5.74, 6) is 0.0578. The Balaban J connectivity index is 1.84. The number of amides is 1. The van der Waals surface area contributed by atoms with E-state index in [0.29, 0.717) is 37.4 Å². The zero-order valence-corrected chi connectivity index (χ0v) is 18.8. The molecule has 0 aromatic heterocycles. The number of hydrogen-bond acceptors (Lipinski definition) is 4. The topological polar surface area (TPSA) is 64.6 Å². The maximum absolute atomic E-state index is 12.8. The summed E-state index contributed by atoms with van der Waals surface area (Å²) in [6.07, 6.45) is 8.24. The first-order valence-corrected chi connectivity index (χ1v) is 11.4. The Hall–Kier alpha value is -2.82. The zero-order valence-electron chi connectivity index (χ0n) is 18.8. The molecule has 0 unspecified atom stereocenters. The SMILES string of the molecule is CCCCCCCc1ccc(NC(=O)c2ccccc2OCCCC(=O)OCC)cc1. The van der Waals surface area contributed by atoms with E-state index in [9.17, 15) is 9.59 Å². The maximum Gasteiger partial charge on any atom is 0.305 e. The molecule has 0 aliphatic carbocycles. The van der Waals surface area contributed by atoms with Gasteiger partial charge in [-0.05, 0) is 56.0 Å². The Morgan fingerprint density at radius 1 is 0.871 bits per heavy atom. The van der Waals surface area contributed by atoms with Crippen molar-refractivity contribution in [2.24, 2.45) is 0 Å². The van der Waals surface area contributed by atoms with Crippen molar-refractivity contribution >= 4 is 17.6 Å². The number of aryl methyl sites for hydroxylation is 1. The highest BCUT2D eigenvalue weighted by Gasteiger charge is 2.13. The molecule has 0 aliphatic heterocycles. The van der Waals surface area contributed by atoms with Crippen molar-refractivity contribution in [3.63, 3.8) is 0 Å². The van der Waals surface area contributed by atoms with E-state index in [1.807, 2.05) is 24.3 Å². The molecule has 0 saturated heterocycles. The zero-order chi connectivity index (χ0) is 22.3. The first-order valence-electron chi connectivity index (χ1n) is 11.4. The molecule has 0 heterocycles. The van der Waals surface area contributed by atoms with Crippen LogP contribution in [0.15, 0.2) is 48.5 Å². The summed E-state index contributed by atoms with van der Waals surface area (Å²) in [6, 6.07) is 15.2. The lowest BCUT2D eigenvalue weighted by atomic mass is 10.1. The average Bonchev–Trinajstić information content (AvgIpc) is 2.78. The van der Waals surface area contributed by atoms with E-state index in [0.717, 1.165) is 12.1 Å². The lowest BCUT2D eigenvalue weighted by Gasteiger charge is -2.12. The van der Waals surface area contributed by atoms with Gasteiger partial charge in [0.2, 0.25) is 0 Å². The van der Waals surface area contributed by atoms with Crippen LogP contribution >= 0.6 is 0 Å². The molecule has 0 atom stereocenters. The third-order valence-corrected chi connectivity index (χ3v) is 5.00. The van der Waals surface area contributed by atoms with Crippen molar-refractivity contribution in [3.05, 3.63) is 59.7 Å². The van der Waals surface area contributed by atoms with Crippen molar-refractivity contribution in [1.82, 2.24) is 0 Å². The van der Waals surface area contributed by atoms with Crippen LogP contribution in [0, 0.1) is 0 Å². The highest BCUT2D eigenvalue weighted by atomic mass is 16.5. The van der Waals surface area contributed by atoms with Crippen LogP contribution in [0.2, 0.25) is 0 Å². The normalized spacial score (nSPS) is 10.5. The molecule has 0 fully saturated rings. The predicted molar refractivity (Wildman–Crippen MR) is 125 cm³/mol. The second kappa shape index (κ2) is 14.2. The molecule has 0 spiro atoms. The number of hydrogen-bond donors (Lipinski definition) is 1. The summed E-state index contributed by atoms with van der Waals surface area (Å²) in [6.45, 7) is 4.73. The van der Waals surface area contributed by atoms with Gasteiger partial charge in [0.15, 0.2) is 0 Å². The molecule has 1 amide bonds. The van der Waals surface area contributed by atoms with Crippen LogP contribution in [0.5, 0.6) is 5.75 Å². The van der Waals surface area contributed by atoms with Crippen molar-refractivity contribution < 1.29 is 19.1 Å². The van der Waals surface area contributed by atoms with Crippen molar-refractivity contribution in [1.29, 1.82) is 0 Å². The number of carbonyl (C=O) groups excluding carboxylic acids is 2. The monoisotopic (exact) mass is 425 g/mol. The number of esters is 1. The standard InChI is InChI=1S/C26H35NO4/c1-3-5-6-7-8-12-21-16-18-22(19-17-21)27-26(29)23-13-9-10-14-24(23)31-20-11-15-25(28)30-4-2/h9-10,13-14,16-19H,3-8,11-12,15,20H2,1-2H3,(H,27,29). The Morgan fingerprint density at radius 2 is 1.61 bits per heavy atom. The molecule has 0 saturated carbocycles. The number of ether oxygens (including phenoxy) is 2. The molecule has 0 bridgehead atoms. The van der Waals surface area contributed by atoms with Gasteiger partial charge in [-0.3, -0.25) is 9.59 Å². The van der Waals surface area contributed by atoms with E-state index >= 15 is 0 Å². The molecule has 1 N–H and O–H groups in total. The minimum atomic E-state index is -0.235. The Morgan fingerprint density at radius 3 is 2.35 bits per heavy atom. The summed E-state index contributed by atoms with van der Waals surface area (Å²) in [5, 5.41) is 2.94. The van der Waals surface area contributed by atoms with Crippen LogP contribution < -0.4 is 10.1 Å².